The highest BCUT2D eigenvalue weighted by Gasteiger charge is 2.24. The van der Waals surface area contributed by atoms with Gasteiger partial charge in [-0.1, -0.05) is 48.5 Å². The number of nitro benzene ring substituents is 1. The number of rotatable bonds is 7. The lowest BCUT2D eigenvalue weighted by Crippen LogP contribution is -2.43. The van der Waals surface area contributed by atoms with Crippen molar-refractivity contribution in [3.63, 3.8) is 0 Å². The van der Waals surface area contributed by atoms with Gasteiger partial charge < -0.3 is 10.1 Å². The fourth-order valence-electron chi connectivity index (χ4n) is 3.08. The van der Waals surface area contributed by atoms with Gasteiger partial charge in [0.05, 0.1) is 11.5 Å². The Morgan fingerprint density at radius 2 is 1.72 bits per heavy atom. The first-order chi connectivity index (χ1) is 14.0. The van der Waals surface area contributed by atoms with E-state index in [2.05, 4.69) is 5.32 Å². The summed E-state index contributed by atoms with van der Waals surface area (Å²) in [7, 11) is 0. The van der Waals surface area contributed by atoms with Gasteiger partial charge >= 0.3 is 5.97 Å². The Labute approximate surface area is 167 Å². The molecule has 0 heterocycles. The zero-order chi connectivity index (χ0) is 20.8. The third-order valence-corrected chi connectivity index (χ3v) is 4.50. The van der Waals surface area contributed by atoms with Crippen LogP contribution in [0.15, 0.2) is 66.7 Å². The molecule has 3 aromatic rings. The standard InChI is InChI=1S/C22H20N2O5/c1-2-29-22(26)20(14-15-10-12-17(13-11-15)24(27)28)23-21(25)19-9-5-7-16-6-3-4-8-18(16)19/h3-13,20H,2,14H2,1H3,(H,23,25)/t20-/m0/s1. The van der Waals surface area contributed by atoms with E-state index in [1.54, 1.807) is 31.2 Å². The van der Waals surface area contributed by atoms with Crippen LogP contribution in [0.1, 0.15) is 22.8 Å². The van der Waals surface area contributed by atoms with Gasteiger partial charge in [0.1, 0.15) is 6.04 Å². The minimum Gasteiger partial charge on any atom is -0.464 e. The molecule has 0 radical (unpaired) electrons. The van der Waals surface area contributed by atoms with Gasteiger partial charge in [0, 0.05) is 24.1 Å². The van der Waals surface area contributed by atoms with Gasteiger partial charge in [-0.05, 0) is 29.3 Å². The Morgan fingerprint density at radius 3 is 2.41 bits per heavy atom. The summed E-state index contributed by atoms with van der Waals surface area (Å²) in [5.74, 6) is -0.943. The zero-order valence-electron chi connectivity index (χ0n) is 15.8. The van der Waals surface area contributed by atoms with Gasteiger partial charge in [-0.2, -0.15) is 0 Å². The molecule has 3 aromatic carbocycles. The maximum Gasteiger partial charge on any atom is 0.328 e. The predicted molar refractivity (Wildman–Crippen MR) is 109 cm³/mol. The molecule has 7 heteroatoms. The lowest BCUT2D eigenvalue weighted by atomic mass is 10.0. The minimum absolute atomic E-state index is 0.0405. The molecule has 0 fully saturated rings. The Kier molecular flexibility index (Phi) is 6.19. The molecule has 3 rings (SSSR count). The third kappa shape index (κ3) is 4.76. The van der Waals surface area contributed by atoms with Crippen LogP contribution in [0.2, 0.25) is 0 Å². The van der Waals surface area contributed by atoms with Crippen LogP contribution >= 0.6 is 0 Å². The number of benzene rings is 3. The van der Waals surface area contributed by atoms with Crippen LogP contribution in [0.25, 0.3) is 10.8 Å². The number of ether oxygens (including phenoxy) is 1. The van der Waals surface area contributed by atoms with E-state index in [1.165, 1.54) is 12.1 Å². The van der Waals surface area contributed by atoms with Crippen LogP contribution in [-0.4, -0.2) is 29.4 Å². The highest BCUT2D eigenvalue weighted by atomic mass is 16.6. The molecule has 0 aliphatic rings. The van der Waals surface area contributed by atoms with E-state index in [1.807, 2.05) is 30.3 Å². The Bertz CT molecular complexity index is 1040. The normalized spacial score (nSPS) is 11.6. The van der Waals surface area contributed by atoms with Crippen molar-refractivity contribution in [2.24, 2.45) is 0 Å². The molecule has 0 aliphatic carbocycles. The van der Waals surface area contributed by atoms with Crippen molar-refractivity contribution in [2.75, 3.05) is 6.61 Å². The van der Waals surface area contributed by atoms with E-state index in [4.69, 9.17) is 4.74 Å². The fraction of sp³-hybridized carbons (Fsp3) is 0.182. The average Bonchev–Trinajstić information content (AvgIpc) is 2.73. The second kappa shape index (κ2) is 8.97. The molecule has 148 valence electrons. The highest BCUT2D eigenvalue weighted by molar-refractivity contribution is 6.08. The molecule has 1 N–H and O–H groups in total. The third-order valence-electron chi connectivity index (χ3n) is 4.50. The minimum atomic E-state index is -0.914. The first-order valence-corrected chi connectivity index (χ1v) is 9.18. The van der Waals surface area contributed by atoms with E-state index >= 15 is 0 Å². The number of nitrogens with one attached hydrogen (secondary N) is 1. The zero-order valence-corrected chi connectivity index (χ0v) is 15.8. The molecule has 0 unspecified atom stereocenters. The predicted octanol–water partition coefficient (Wildman–Crippen LogP) is 3.65. The second-order valence-corrected chi connectivity index (χ2v) is 6.43. The van der Waals surface area contributed by atoms with E-state index in [0.29, 0.717) is 11.1 Å². The van der Waals surface area contributed by atoms with Gasteiger partial charge in [0.25, 0.3) is 11.6 Å². The summed E-state index contributed by atoms with van der Waals surface area (Å²) >= 11 is 0. The molecule has 0 spiro atoms. The van der Waals surface area contributed by atoms with E-state index in [0.717, 1.165) is 10.8 Å². The molecule has 0 bridgehead atoms. The summed E-state index contributed by atoms with van der Waals surface area (Å²) in [6.45, 7) is 1.87. The Morgan fingerprint density at radius 1 is 1.03 bits per heavy atom. The number of hydrogen-bond acceptors (Lipinski definition) is 5. The number of carbonyl (C=O) groups excluding carboxylic acids is 2. The van der Waals surface area contributed by atoms with Crippen molar-refractivity contribution in [1.29, 1.82) is 0 Å². The molecule has 0 saturated carbocycles. The monoisotopic (exact) mass is 392 g/mol. The van der Waals surface area contributed by atoms with Crippen molar-refractivity contribution in [2.45, 2.75) is 19.4 Å². The van der Waals surface area contributed by atoms with Crippen LogP contribution in [0.3, 0.4) is 0 Å². The fourth-order valence-corrected chi connectivity index (χ4v) is 3.08. The van der Waals surface area contributed by atoms with E-state index in [9.17, 15) is 19.7 Å². The number of amides is 1. The van der Waals surface area contributed by atoms with E-state index < -0.39 is 16.9 Å². The van der Waals surface area contributed by atoms with Crippen LogP contribution in [-0.2, 0) is 16.0 Å². The quantitative estimate of drug-likeness (QED) is 0.376. The van der Waals surface area contributed by atoms with Crippen molar-refractivity contribution in [1.82, 2.24) is 5.32 Å². The van der Waals surface area contributed by atoms with Crippen molar-refractivity contribution >= 4 is 28.3 Å². The van der Waals surface area contributed by atoms with Gasteiger partial charge in [0.2, 0.25) is 0 Å². The number of fused-ring (bicyclic) bond motifs is 1. The topological polar surface area (TPSA) is 98.5 Å². The van der Waals surface area contributed by atoms with Crippen LogP contribution < -0.4 is 5.32 Å². The van der Waals surface area contributed by atoms with Crippen LogP contribution in [0, 0.1) is 10.1 Å². The first kappa shape index (κ1) is 20.0. The number of hydrogen-bond donors (Lipinski definition) is 1. The second-order valence-electron chi connectivity index (χ2n) is 6.43. The largest absolute Gasteiger partial charge is 0.464 e. The number of carbonyl (C=O) groups is 2. The van der Waals surface area contributed by atoms with Gasteiger partial charge in [-0.3, -0.25) is 14.9 Å². The van der Waals surface area contributed by atoms with Crippen LogP contribution in [0.4, 0.5) is 5.69 Å². The number of non-ortho nitro benzene ring substituents is 1. The lowest BCUT2D eigenvalue weighted by molar-refractivity contribution is -0.384. The summed E-state index contributed by atoms with van der Waals surface area (Å²) < 4.78 is 5.10. The highest BCUT2D eigenvalue weighted by Crippen LogP contribution is 2.19. The summed E-state index contributed by atoms with van der Waals surface area (Å²) in [5, 5.41) is 15.3. The van der Waals surface area contributed by atoms with Crippen molar-refractivity contribution in [3.8, 4) is 0 Å². The molecular formula is C22H20N2O5. The van der Waals surface area contributed by atoms with Gasteiger partial charge in [-0.15, -0.1) is 0 Å². The number of nitrogens with zero attached hydrogens (tertiary/aromatic N) is 1. The molecule has 0 saturated heterocycles. The van der Waals surface area contributed by atoms with Crippen LogP contribution in [0.5, 0.6) is 0 Å². The number of esters is 1. The maximum absolute atomic E-state index is 12.9. The SMILES string of the molecule is CCOC(=O)[C@H](Cc1ccc([N+](=O)[O-])cc1)NC(=O)c1cccc2ccccc12. The van der Waals surface area contributed by atoms with Gasteiger partial charge in [0.15, 0.2) is 0 Å². The maximum atomic E-state index is 12.9. The van der Waals surface area contributed by atoms with E-state index in [-0.39, 0.29) is 24.6 Å². The Hall–Kier alpha value is -3.74. The molecule has 0 aliphatic heterocycles. The average molecular weight is 392 g/mol. The molecular weight excluding hydrogens is 372 g/mol. The molecule has 0 aromatic heterocycles. The molecule has 1 amide bonds. The summed E-state index contributed by atoms with van der Waals surface area (Å²) in [5.41, 5.74) is 1.09. The lowest BCUT2D eigenvalue weighted by Gasteiger charge is -2.18. The van der Waals surface area contributed by atoms with Crippen molar-refractivity contribution < 1.29 is 19.2 Å². The van der Waals surface area contributed by atoms with Crippen molar-refractivity contribution in [3.05, 3.63) is 88.0 Å². The number of nitro groups is 1. The smallest absolute Gasteiger partial charge is 0.328 e. The molecule has 1 atom stereocenters. The summed E-state index contributed by atoms with van der Waals surface area (Å²) in [6, 6.07) is 17.8. The summed E-state index contributed by atoms with van der Waals surface area (Å²) in [4.78, 5) is 35.6. The molecule has 29 heavy (non-hydrogen) atoms. The molecule has 7 nitrogen and oxygen atoms in total. The first-order valence-electron chi connectivity index (χ1n) is 9.18. The van der Waals surface area contributed by atoms with Gasteiger partial charge in [-0.25, -0.2) is 4.79 Å². The summed E-state index contributed by atoms with van der Waals surface area (Å²) in [6.07, 6.45) is 0.160. The Balaban J connectivity index is 1.84.